The van der Waals surface area contributed by atoms with Crippen LogP contribution in [0.25, 0.3) is 22.3 Å². The Hall–Kier alpha value is -5.23. The highest BCUT2D eigenvalue weighted by Gasteiger charge is 2.16. The Labute approximate surface area is 227 Å². The minimum absolute atomic E-state index is 0.209. The summed E-state index contributed by atoms with van der Waals surface area (Å²) in [6.07, 6.45) is 3.47. The first-order valence-corrected chi connectivity index (χ1v) is 12.6. The first-order valence-electron chi connectivity index (χ1n) is 12.6. The highest BCUT2D eigenvalue weighted by atomic mass is 16.4. The molecule has 0 atom stereocenters. The summed E-state index contributed by atoms with van der Waals surface area (Å²) in [5, 5.41) is 12.2. The van der Waals surface area contributed by atoms with Crippen molar-refractivity contribution in [3.63, 3.8) is 0 Å². The van der Waals surface area contributed by atoms with E-state index in [2.05, 4.69) is 22.4 Å². The molecule has 5 rings (SSSR count). The second-order valence-corrected chi connectivity index (χ2v) is 9.17. The van der Waals surface area contributed by atoms with Crippen molar-refractivity contribution in [3.8, 4) is 22.3 Å². The molecule has 1 aromatic heterocycles. The monoisotopic (exact) mass is 513 g/mol. The summed E-state index contributed by atoms with van der Waals surface area (Å²) in [6, 6.07) is 36.2. The van der Waals surface area contributed by atoms with Crippen molar-refractivity contribution in [1.82, 2.24) is 9.88 Å². The topological polar surface area (TPSA) is 82.5 Å². The number of aromatic carboxylic acids is 1. The van der Waals surface area contributed by atoms with Crippen molar-refractivity contribution in [3.05, 3.63) is 144 Å². The van der Waals surface area contributed by atoms with Crippen LogP contribution in [0.2, 0.25) is 0 Å². The van der Waals surface area contributed by atoms with Crippen LogP contribution in [-0.4, -0.2) is 27.0 Å². The van der Waals surface area contributed by atoms with E-state index in [-0.39, 0.29) is 11.6 Å². The smallest absolute Gasteiger partial charge is 0.335 e. The third kappa shape index (κ3) is 6.56. The molecule has 0 bridgehead atoms. The van der Waals surface area contributed by atoms with E-state index in [9.17, 15) is 9.59 Å². The van der Waals surface area contributed by atoms with E-state index in [1.165, 1.54) is 0 Å². The second-order valence-electron chi connectivity index (χ2n) is 9.17. The number of carbonyl (C=O) groups is 2. The van der Waals surface area contributed by atoms with E-state index < -0.39 is 5.97 Å². The number of urea groups is 1. The molecule has 2 N–H and O–H groups in total. The lowest BCUT2D eigenvalue weighted by molar-refractivity contribution is 0.0697. The van der Waals surface area contributed by atoms with Crippen molar-refractivity contribution < 1.29 is 14.7 Å². The number of anilines is 1. The number of carboxylic acid groups (broad SMARTS) is 1. The van der Waals surface area contributed by atoms with Gasteiger partial charge in [0.2, 0.25) is 0 Å². The summed E-state index contributed by atoms with van der Waals surface area (Å²) in [4.78, 5) is 30.5. The number of carboxylic acids is 1. The molecular weight excluding hydrogens is 486 g/mol. The van der Waals surface area contributed by atoms with Gasteiger partial charge < -0.3 is 15.3 Å². The first kappa shape index (κ1) is 25.4. The first-order chi connectivity index (χ1) is 19.0. The predicted octanol–water partition coefficient (Wildman–Crippen LogP) is 7.35. The van der Waals surface area contributed by atoms with Gasteiger partial charge in [0.15, 0.2) is 0 Å². The summed E-state index contributed by atoms with van der Waals surface area (Å²) in [7, 11) is 0. The third-order valence-corrected chi connectivity index (χ3v) is 6.42. The van der Waals surface area contributed by atoms with Crippen molar-refractivity contribution in [2.45, 2.75) is 13.1 Å². The third-order valence-electron chi connectivity index (χ3n) is 6.42. The van der Waals surface area contributed by atoms with Gasteiger partial charge in [0.05, 0.1) is 5.56 Å². The number of nitrogens with one attached hydrogen (secondary N) is 1. The molecule has 0 fully saturated rings. The van der Waals surface area contributed by atoms with Crippen LogP contribution in [0, 0.1) is 0 Å². The minimum atomic E-state index is -0.948. The molecule has 0 unspecified atom stereocenters. The zero-order valence-corrected chi connectivity index (χ0v) is 21.2. The summed E-state index contributed by atoms with van der Waals surface area (Å²) in [5.41, 5.74) is 6.97. The molecule has 39 heavy (non-hydrogen) atoms. The van der Waals surface area contributed by atoms with Gasteiger partial charge in [0.25, 0.3) is 0 Å². The zero-order chi connectivity index (χ0) is 27.0. The fraction of sp³-hybridized carbons (Fsp3) is 0.0606. The largest absolute Gasteiger partial charge is 0.478 e. The van der Waals surface area contributed by atoms with Gasteiger partial charge in [0, 0.05) is 31.2 Å². The number of hydrogen-bond donors (Lipinski definition) is 2. The Morgan fingerprint density at radius 2 is 1.21 bits per heavy atom. The normalized spacial score (nSPS) is 10.6. The Kier molecular flexibility index (Phi) is 7.74. The molecule has 6 nitrogen and oxygen atoms in total. The fourth-order valence-corrected chi connectivity index (χ4v) is 4.32. The molecule has 4 aromatic carbocycles. The standard InChI is InChI=1S/C33H27N3O3/c37-32(38)30-14-12-28(13-15-30)27-10-8-24(9-11-27)22-36(23-25-5-4-20-34-21-25)33(39)35-31-18-16-29(17-19-31)26-6-2-1-3-7-26/h1-21H,22-23H2,(H,35,39)(H,37,38). The molecule has 0 aliphatic carbocycles. The van der Waals surface area contributed by atoms with E-state index in [1.54, 1.807) is 41.6 Å². The number of carbonyl (C=O) groups excluding carboxylic acids is 1. The van der Waals surface area contributed by atoms with Crippen LogP contribution < -0.4 is 5.32 Å². The number of aromatic nitrogens is 1. The minimum Gasteiger partial charge on any atom is -0.478 e. The zero-order valence-electron chi connectivity index (χ0n) is 21.2. The average Bonchev–Trinajstić information content (AvgIpc) is 2.98. The summed E-state index contributed by atoms with van der Waals surface area (Å²) < 4.78 is 0. The number of rotatable bonds is 8. The fourth-order valence-electron chi connectivity index (χ4n) is 4.32. The van der Waals surface area contributed by atoms with Crippen molar-refractivity contribution in [2.24, 2.45) is 0 Å². The van der Waals surface area contributed by atoms with Crippen LogP contribution in [0.1, 0.15) is 21.5 Å². The van der Waals surface area contributed by atoms with Gasteiger partial charge in [0.1, 0.15) is 0 Å². The van der Waals surface area contributed by atoms with Crippen LogP contribution in [0.4, 0.5) is 10.5 Å². The van der Waals surface area contributed by atoms with E-state index in [0.29, 0.717) is 13.1 Å². The summed E-state index contributed by atoms with van der Waals surface area (Å²) >= 11 is 0. The van der Waals surface area contributed by atoms with Gasteiger partial charge >= 0.3 is 12.0 Å². The molecule has 0 saturated heterocycles. The molecular formula is C33H27N3O3. The van der Waals surface area contributed by atoms with Crippen molar-refractivity contribution >= 4 is 17.7 Å². The highest BCUT2D eigenvalue weighted by Crippen LogP contribution is 2.23. The maximum atomic E-state index is 13.4. The second kappa shape index (κ2) is 11.9. The Bertz CT molecular complexity index is 1540. The van der Waals surface area contributed by atoms with Gasteiger partial charge in [-0.2, -0.15) is 0 Å². The summed E-state index contributed by atoms with van der Waals surface area (Å²) in [5.74, 6) is -0.948. The van der Waals surface area contributed by atoms with Gasteiger partial charge in [-0.05, 0) is 63.7 Å². The van der Waals surface area contributed by atoms with Crippen molar-refractivity contribution in [1.29, 1.82) is 0 Å². The lowest BCUT2D eigenvalue weighted by atomic mass is 10.0. The van der Waals surface area contributed by atoms with Crippen LogP contribution in [0.5, 0.6) is 0 Å². The molecule has 0 spiro atoms. The van der Waals surface area contributed by atoms with Crippen LogP contribution in [0.15, 0.2) is 128 Å². The quantitative estimate of drug-likeness (QED) is 0.227. The molecule has 0 saturated carbocycles. The van der Waals surface area contributed by atoms with Gasteiger partial charge in [-0.15, -0.1) is 0 Å². The molecule has 6 heteroatoms. The molecule has 1 heterocycles. The number of benzene rings is 4. The van der Waals surface area contributed by atoms with Crippen molar-refractivity contribution in [2.75, 3.05) is 5.32 Å². The SMILES string of the molecule is O=C(O)c1ccc(-c2ccc(CN(Cc3cccnc3)C(=O)Nc3ccc(-c4ccccc4)cc3)cc2)cc1. The Morgan fingerprint density at radius 1 is 0.641 bits per heavy atom. The molecule has 2 amide bonds. The molecule has 192 valence electrons. The number of hydrogen-bond acceptors (Lipinski definition) is 3. The number of pyridine rings is 1. The van der Waals surface area contributed by atoms with Crippen LogP contribution >= 0.6 is 0 Å². The van der Waals surface area contributed by atoms with E-state index in [4.69, 9.17) is 5.11 Å². The van der Waals surface area contributed by atoms with Crippen LogP contribution in [0.3, 0.4) is 0 Å². The maximum Gasteiger partial charge on any atom is 0.335 e. The summed E-state index contributed by atoms with van der Waals surface area (Å²) in [6.45, 7) is 0.807. The Morgan fingerprint density at radius 3 is 1.79 bits per heavy atom. The predicted molar refractivity (Wildman–Crippen MR) is 153 cm³/mol. The lowest BCUT2D eigenvalue weighted by Gasteiger charge is -2.23. The molecule has 5 aromatic rings. The number of amides is 2. The Balaban J connectivity index is 1.31. The van der Waals surface area contributed by atoms with Gasteiger partial charge in [-0.3, -0.25) is 4.98 Å². The van der Waals surface area contributed by atoms with Gasteiger partial charge in [-0.25, -0.2) is 9.59 Å². The van der Waals surface area contributed by atoms with E-state index in [1.807, 2.05) is 78.9 Å². The molecule has 0 aliphatic rings. The lowest BCUT2D eigenvalue weighted by Crippen LogP contribution is -2.34. The average molecular weight is 514 g/mol. The maximum absolute atomic E-state index is 13.4. The molecule has 0 radical (unpaired) electrons. The van der Waals surface area contributed by atoms with Crippen LogP contribution in [-0.2, 0) is 13.1 Å². The van der Waals surface area contributed by atoms with E-state index >= 15 is 0 Å². The highest BCUT2D eigenvalue weighted by molar-refractivity contribution is 5.90. The van der Waals surface area contributed by atoms with E-state index in [0.717, 1.165) is 39.1 Å². The van der Waals surface area contributed by atoms with Gasteiger partial charge in [-0.1, -0.05) is 84.9 Å². The number of nitrogens with zero attached hydrogens (tertiary/aromatic N) is 2. The molecule has 0 aliphatic heterocycles.